The highest BCUT2D eigenvalue weighted by molar-refractivity contribution is 4.86. The van der Waals surface area contributed by atoms with Crippen LogP contribution in [-0.2, 0) is 0 Å². The zero-order chi connectivity index (χ0) is 13.6. The molecule has 18 heavy (non-hydrogen) atoms. The number of nitrogens with zero attached hydrogens (tertiary/aromatic N) is 1. The molecule has 0 amide bonds. The molecule has 3 nitrogen and oxygen atoms in total. The van der Waals surface area contributed by atoms with Crippen molar-refractivity contribution >= 4 is 0 Å². The molecule has 0 aliphatic carbocycles. The summed E-state index contributed by atoms with van der Waals surface area (Å²) >= 11 is 0. The maximum Gasteiger partial charge on any atom is 0.0644 e. The molecule has 0 aromatic carbocycles. The summed E-state index contributed by atoms with van der Waals surface area (Å²) in [5.74, 6) is 0. The van der Waals surface area contributed by atoms with Gasteiger partial charge in [-0.3, -0.25) is 0 Å². The van der Waals surface area contributed by atoms with Crippen LogP contribution in [0, 0.1) is 5.41 Å². The van der Waals surface area contributed by atoms with Crippen molar-refractivity contribution < 1.29 is 5.11 Å². The Morgan fingerprint density at radius 1 is 1.28 bits per heavy atom. The fourth-order valence-corrected chi connectivity index (χ4v) is 2.59. The molecule has 3 heteroatoms. The minimum atomic E-state index is -0.431. The highest BCUT2D eigenvalue weighted by Crippen LogP contribution is 2.26. The molecule has 108 valence electrons. The molecule has 0 radical (unpaired) electrons. The molecule has 2 N–H and O–H groups in total. The van der Waals surface area contributed by atoms with Crippen molar-refractivity contribution in [3.63, 3.8) is 0 Å². The Hall–Kier alpha value is -0.120. The molecule has 1 unspecified atom stereocenters. The van der Waals surface area contributed by atoms with Crippen LogP contribution >= 0.6 is 0 Å². The smallest absolute Gasteiger partial charge is 0.0644 e. The Balaban J connectivity index is 2.38. The highest BCUT2D eigenvalue weighted by Gasteiger charge is 2.31. The fourth-order valence-electron chi connectivity index (χ4n) is 2.59. The quantitative estimate of drug-likeness (QED) is 0.686. The summed E-state index contributed by atoms with van der Waals surface area (Å²) < 4.78 is 0. The van der Waals surface area contributed by atoms with E-state index < -0.39 is 5.60 Å². The molecule has 0 bridgehead atoms. The molecule has 1 atom stereocenters. The predicted molar refractivity (Wildman–Crippen MR) is 77.9 cm³/mol. The number of likely N-dealkylation sites (tertiary alicyclic amines) is 1. The van der Waals surface area contributed by atoms with Crippen LogP contribution < -0.4 is 5.32 Å². The van der Waals surface area contributed by atoms with Gasteiger partial charge < -0.3 is 15.3 Å². The molecule has 0 spiro atoms. The Bertz CT molecular complexity index is 233. The minimum absolute atomic E-state index is 0.359. The zero-order valence-electron chi connectivity index (χ0n) is 12.8. The van der Waals surface area contributed by atoms with E-state index >= 15 is 0 Å². The van der Waals surface area contributed by atoms with Gasteiger partial charge in [-0.1, -0.05) is 20.8 Å². The van der Waals surface area contributed by atoms with E-state index in [0.29, 0.717) is 5.41 Å². The van der Waals surface area contributed by atoms with Gasteiger partial charge in [-0.15, -0.1) is 0 Å². The van der Waals surface area contributed by atoms with Crippen LogP contribution in [0.2, 0.25) is 0 Å². The van der Waals surface area contributed by atoms with Crippen molar-refractivity contribution in [1.29, 1.82) is 0 Å². The number of rotatable bonds is 7. The van der Waals surface area contributed by atoms with Crippen LogP contribution in [0.1, 0.15) is 53.4 Å². The Kier molecular flexibility index (Phi) is 6.09. The first-order chi connectivity index (χ1) is 8.41. The third kappa shape index (κ3) is 5.25. The van der Waals surface area contributed by atoms with Gasteiger partial charge in [0.2, 0.25) is 0 Å². The summed E-state index contributed by atoms with van der Waals surface area (Å²) in [5.41, 5.74) is -0.0715. The van der Waals surface area contributed by atoms with Gasteiger partial charge in [0.15, 0.2) is 0 Å². The second kappa shape index (κ2) is 6.88. The van der Waals surface area contributed by atoms with Crippen LogP contribution in [0.5, 0.6) is 0 Å². The topological polar surface area (TPSA) is 35.5 Å². The largest absolute Gasteiger partial charge is 0.390 e. The lowest BCUT2D eigenvalue weighted by Crippen LogP contribution is -2.48. The lowest BCUT2D eigenvalue weighted by molar-refractivity contribution is -0.0149. The number of piperidine rings is 1. The number of hydrogen-bond donors (Lipinski definition) is 2. The standard InChI is InChI=1S/C15H32N2O/c1-5-9-16-12-14(3,6-2)13-17-10-7-15(4,18)8-11-17/h16,18H,5-13H2,1-4H3. The van der Waals surface area contributed by atoms with Crippen molar-refractivity contribution in [3.05, 3.63) is 0 Å². The van der Waals surface area contributed by atoms with E-state index in [1.807, 2.05) is 6.92 Å². The first kappa shape index (κ1) is 15.9. The molecule has 1 aliphatic rings. The van der Waals surface area contributed by atoms with Crippen LogP contribution in [0.3, 0.4) is 0 Å². The van der Waals surface area contributed by atoms with E-state index in [0.717, 1.165) is 45.6 Å². The second-order valence-corrected chi connectivity index (χ2v) is 6.61. The van der Waals surface area contributed by atoms with E-state index in [1.54, 1.807) is 0 Å². The van der Waals surface area contributed by atoms with Crippen molar-refractivity contribution in [2.45, 2.75) is 59.0 Å². The molecule has 0 aromatic heterocycles. The van der Waals surface area contributed by atoms with Crippen molar-refractivity contribution in [1.82, 2.24) is 10.2 Å². The molecule has 1 fully saturated rings. The van der Waals surface area contributed by atoms with Gasteiger partial charge in [0, 0.05) is 26.2 Å². The first-order valence-corrected chi connectivity index (χ1v) is 7.56. The van der Waals surface area contributed by atoms with Crippen LogP contribution in [0.4, 0.5) is 0 Å². The summed E-state index contributed by atoms with van der Waals surface area (Å²) in [7, 11) is 0. The number of hydrogen-bond acceptors (Lipinski definition) is 3. The average Bonchev–Trinajstić information content (AvgIpc) is 2.32. The summed E-state index contributed by atoms with van der Waals surface area (Å²) in [6.07, 6.45) is 4.23. The highest BCUT2D eigenvalue weighted by atomic mass is 16.3. The number of nitrogens with one attached hydrogen (secondary N) is 1. The van der Waals surface area contributed by atoms with E-state index in [4.69, 9.17) is 0 Å². The second-order valence-electron chi connectivity index (χ2n) is 6.61. The lowest BCUT2D eigenvalue weighted by atomic mass is 9.85. The summed E-state index contributed by atoms with van der Waals surface area (Å²) in [4.78, 5) is 2.52. The maximum absolute atomic E-state index is 9.98. The molecule has 1 rings (SSSR count). The first-order valence-electron chi connectivity index (χ1n) is 7.56. The van der Waals surface area contributed by atoms with E-state index in [-0.39, 0.29) is 0 Å². The normalized spacial score (nSPS) is 23.8. The Morgan fingerprint density at radius 2 is 1.89 bits per heavy atom. The Labute approximate surface area is 113 Å². The van der Waals surface area contributed by atoms with E-state index in [1.165, 1.54) is 12.8 Å². The third-order valence-corrected chi connectivity index (χ3v) is 4.37. The number of aliphatic hydroxyl groups is 1. The average molecular weight is 256 g/mol. The molecule has 1 heterocycles. The Morgan fingerprint density at radius 3 is 2.39 bits per heavy atom. The fraction of sp³-hybridized carbons (Fsp3) is 1.00. The molecule has 1 aliphatic heterocycles. The molecule has 1 saturated heterocycles. The van der Waals surface area contributed by atoms with Crippen molar-refractivity contribution in [2.24, 2.45) is 5.41 Å². The molecule has 0 aromatic rings. The summed E-state index contributed by atoms with van der Waals surface area (Å²) in [6.45, 7) is 14.3. The van der Waals surface area contributed by atoms with Gasteiger partial charge >= 0.3 is 0 Å². The molecular formula is C15H32N2O. The van der Waals surface area contributed by atoms with E-state index in [2.05, 4.69) is 31.0 Å². The van der Waals surface area contributed by atoms with Gasteiger partial charge in [0.25, 0.3) is 0 Å². The van der Waals surface area contributed by atoms with Crippen LogP contribution in [0.15, 0.2) is 0 Å². The lowest BCUT2D eigenvalue weighted by Gasteiger charge is -2.41. The van der Waals surface area contributed by atoms with Gasteiger partial charge in [-0.25, -0.2) is 0 Å². The maximum atomic E-state index is 9.98. The summed E-state index contributed by atoms with van der Waals surface area (Å²) in [6, 6.07) is 0. The van der Waals surface area contributed by atoms with E-state index in [9.17, 15) is 5.11 Å². The van der Waals surface area contributed by atoms with Gasteiger partial charge in [-0.05, 0) is 44.6 Å². The van der Waals surface area contributed by atoms with Crippen LogP contribution in [0.25, 0.3) is 0 Å². The van der Waals surface area contributed by atoms with Gasteiger partial charge in [0.1, 0.15) is 0 Å². The molecule has 0 saturated carbocycles. The zero-order valence-corrected chi connectivity index (χ0v) is 12.8. The third-order valence-electron chi connectivity index (χ3n) is 4.37. The van der Waals surface area contributed by atoms with Crippen molar-refractivity contribution in [3.8, 4) is 0 Å². The predicted octanol–water partition coefficient (Wildman–Crippen LogP) is 2.25. The van der Waals surface area contributed by atoms with Crippen LogP contribution in [-0.4, -0.2) is 48.3 Å². The minimum Gasteiger partial charge on any atom is -0.390 e. The van der Waals surface area contributed by atoms with Gasteiger partial charge in [0.05, 0.1) is 5.60 Å². The SMILES string of the molecule is CCCNCC(C)(CC)CN1CCC(C)(O)CC1. The summed E-state index contributed by atoms with van der Waals surface area (Å²) in [5, 5.41) is 13.5. The monoisotopic (exact) mass is 256 g/mol. The van der Waals surface area contributed by atoms with Crippen molar-refractivity contribution in [2.75, 3.05) is 32.7 Å². The van der Waals surface area contributed by atoms with Gasteiger partial charge in [-0.2, -0.15) is 0 Å². The molecular weight excluding hydrogens is 224 g/mol.